The van der Waals surface area contributed by atoms with Crippen LogP contribution >= 0.6 is 11.3 Å². The van der Waals surface area contributed by atoms with E-state index in [0.29, 0.717) is 24.8 Å². The molecule has 0 saturated heterocycles. The minimum absolute atomic E-state index is 0.167. The van der Waals surface area contributed by atoms with Gasteiger partial charge in [0.1, 0.15) is 0 Å². The molecule has 2 aromatic rings. The van der Waals surface area contributed by atoms with Crippen LogP contribution in [-0.4, -0.2) is 31.4 Å². The Morgan fingerprint density at radius 1 is 1.24 bits per heavy atom. The average Bonchev–Trinajstić information content (AvgIpc) is 3.29. The van der Waals surface area contributed by atoms with Crippen LogP contribution in [0.15, 0.2) is 41.8 Å². The first-order chi connectivity index (χ1) is 12.0. The molecule has 1 aliphatic carbocycles. The van der Waals surface area contributed by atoms with Crippen LogP contribution < -0.4 is 5.32 Å². The summed E-state index contributed by atoms with van der Waals surface area (Å²) in [6.07, 6.45) is 3.10. The highest BCUT2D eigenvalue weighted by atomic mass is 32.1. The number of nitrogens with zero attached hydrogens (tertiary/aromatic N) is 1. The molecule has 1 N–H and O–H groups in total. The van der Waals surface area contributed by atoms with Gasteiger partial charge in [0.05, 0.1) is 6.04 Å². The van der Waals surface area contributed by atoms with Crippen LogP contribution in [0.3, 0.4) is 0 Å². The number of rotatable bonds is 8. The van der Waals surface area contributed by atoms with Crippen LogP contribution in [0.4, 0.5) is 0 Å². The molecule has 1 aromatic heterocycles. The molecule has 2 atom stereocenters. The maximum absolute atomic E-state index is 12.6. The van der Waals surface area contributed by atoms with Crippen molar-refractivity contribution in [1.82, 2.24) is 10.2 Å². The molecule has 1 saturated carbocycles. The Balaban J connectivity index is 1.59. The maximum Gasteiger partial charge on any atom is 0.220 e. The first-order valence-electron chi connectivity index (χ1n) is 9.07. The molecule has 3 rings (SSSR count). The monoisotopic (exact) mass is 356 g/mol. The van der Waals surface area contributed by atoms with E-state index < -0.39 is 0 Å². The van der Waals surface area contributed by atoms with Gasteiger partial charge in [-0.1, -0.05) is 35.9 Å². The predicted molar refractivity (Wildman–Crippen MR) is 105 cm³/mol. The van der Waals surface area contributed by atoms with Crippen LogP contribution in [0.5, 0.6) is 0 Å². The summed E-state index contributed by atoms with van der Waals surface area (Å²) in [7, 11) is 4.13. The van der Waals surface area contributed by atoms with E-state index in [9.17, 15) is 4.79 Å². The maximum atomic E-state index is 12.6. The zero-order chi connectivity index (χ0) is 17.8. The molecular formula is C21H28N2OS. The molecule has 2 unspecified atom stereocenters. The van der Waals surface area contributed by atoms with E-state index in [-0.39, 0.29) is 11.9 Å². The van der Waals surface area contributed by atoms with Gasteiger partial charge < -0.3 is 10.2 Å². The third kappa shape index (κ3) is 4.93. The third-order valence-corrected chi connectivity index (χ3v) is 6.06. The van der Waals surface area contributed by atoms with E-state index in [1.807, 2.05) is 0 Å². The summed E-state index contributed by atoms with van der Waals surface area (Å²) in [5, 5.41) is 5.26. The lowest BCUT2D eigenvalue weighted by atomic mass is 9.90. The number of aryl methyl sites for hydroxylation is 1. The van der Waals surface area contributed by atoms with Gasteiger partial charge in [0, 0.05) is 17.8 Å². The minimum Gasteiger partial charge on any atom is -0.354 e. The van der Waals surface area contributed by atoms with E-state index in [0.717, 1.165) is 0 Å². The van der Waals surface area contributed by atoms with Crippen molar-refractivity contribution >= 4 is 17.2 Å². The number of thiophene rings is 1. The van der Waals surface area contributed by atoms with Crippen LogP contribution in [0.2, 0.25) is 0 Å². The lowest BCUT2D eigenvalue weighted by molar-refractivity contribution is -0.121. The first-order valence-corrected chi connectivity index (χ1v) is 9.95. The zero-order valence-electron chi connectivity index (χ0n) is 15.4. The molecule has 1 fully saturated rings. The predicted octanol–water partition coefficient (Wildman–Crippen LogP) is 4.36. The number of hydrogen-bond donors (Lipinski definition) is 1. The Bertz CT molecular complexity index is 674. The largest absolute Gasteiger partial charge is 0.354 e. The van der Waals surface area contributed by atoms with E-state index in [2.05, 4.69) is 73.0 Å². The first kappa shape index (κ1) is 18.2. The molecule has 25 heavy (non-hydrogen) atoms. The minimum atomic E-state index is 0.167. The van der Waals surface area contributed by atoms with Crippen LogP contribution in [0.1, 0.15) is 47.2 Å². The fraction of sp³-hybridized carbons (Fsp3) is 0.476. The van der Waals surface area contributed by atoms with E-state index in [4.69, 9.17) is 0 Å². The van der Waals surface area contributed by atoms with Crippen LogP contribution in [-0.2, 0) is 4.79 Å². The molecule has 0 aliphatic heterocycles. The Kier molecular flexibility index (Phi) is 5.92. The van der Waals surface area contributed by atoms with Crippen LogP contribution in [0, 0.1) is 12.8 Å². The van der Waals surface area contributed by atoms with E-state index >= 15 is 0 Å². The Labute approximate surface area is 155 Å². The highest BCUT2D eigenvalue weighted by Crippen LogP contribution is 2.44. The van der Waals surface area contributed by atoms with E-state index in [1.54, 1.807) is 11.3 Å². The quantitative estimate of drug-likeness (QED) is 0.762. The van der Waals surface area contributed by atoms with Gasteiger partial charge in [-0.2, -0.15) is 0 Å². The van der Waals surface area contributed by atoms with Gasteiger partial charge in [-0.25, -0.2) is 0 Å². The molecule has 1 amide bonds. The summed E-state index contributed by atoms with van der Waals surface area (Å²) in [6.45, 7) is 2.77. The van der Waals surface area contributed by atoms with Gasteiger partial charge in [0.15, 0.2) is 0 Å². The molecular weight excluding hydrogens is 328 g/mol. The number of nitrogens with one attached hydrogen (secondary N) is 1. The van der Waals surface area contributed by atoms with Gasteiger partial charge >= 0.3 is 0 Å². The summed E-state index contributed by atoms with van der Waals surface area (Å²) in [5.74, 6) is 1.21. The average molecular weight is 357 g/mol. The van der Waals surface area contributed by atoms with Gasteiger partial charge in [0.2, 0.25) is 5.91 Å². The molecule has 1 aliphatic rings. The second-order valence-corrected chi connectivity index (χ2v) is 8.34. The summed E-state index contributed by atoms with van der Waals surface area (Å²) < 4.78 is 0. The highest BCUT2D eigenvalue weighted by molar-refractivity contribution is 7.10. The number of likely N-dealkylation sites (N-methyl/N-ethyl adjacent to an activating group) is 1. The fourth-order valence-corrected chi connectivity index (χ4v) is 4.29. The number of amides is 1. The second-order valence-electron chi connectivity index (χ2n) is 7.36. The SMILES string of the molecule is Cc1ccc(C(CC(=O)NCC(c2cccs2)N(C)C)C2CC2)cc1. The van der Waals surface area contributed by atoms with Crippen LogP contribution in [0.25, 0.3) is 0 Å². The summed E-state index contributed by atoms with van der Waals surface area (Å²) >= 11 is 1.75. The van der Waals surface area contributed by atoms with Crippen molar-refractivity contribution < 1.29 is 4.79 Å². The second kappa shape index (κ2) is 8.15. The fourth-order valence-electron chi connectivity index (χ4n) is 3.37. The molecule has 3 nitrogen and oxygen atoms in total. The van der Waals surface area contributed by atoms with Crippen molar-refractivity contribution in [1.29, 1.82) is 0 Å². The van der Waals surface area contributed by atoms with Gasteiger partial charge in [-0.3, -0.25) is 4.79 Å². The number of hydrogen-bond acceptors (Lipinski definition) is 3. The van der Waals surface area contributed by atoms with E-state index in [1.165, 1.54) is 28.8 Å². The van der Waals surface area contributed by atoms with Crippen molar-refractivity contribution in [2.75, 3.05) is 20.6 Å². The molecule has 134 valence electrons. The standard InChI is InChI=1S/C21H28N2OS/c1-15-6-8-16(9-7-15)18(17-10-11-17)13-21(24)22-14-19(23(2)3)20-5-4-12-25-20/h4-9,12,17-19H,10-11,13-14H2,1-3H3,(H,22,24). The number of carbonyl (C=O) groups is 1. The zero-order valence-corrected chi connectivity index (χ0v) is 16.2. The smallest absolute Gasteiger partial charge is 0.220 e. The molecule has 0 bridgehead atoms. The molecule has 0 spiro atoms. The summed E-state index contributed by atoms with van der Waals surface area (Å²) in [4.78, 5) is 16.1. The topological polar surface area (TPSA) is 32.3 Å². The Morgan fingerprint density at radius 2 is 1.96 bits per heavy atom. The van der Waals surface area contributed by atoms with Crippen molar-refractivity contribution in [3.8, 4) is 0 Å². The molecule has 1 aromatic carbocycles. The number of carbonyl (C=O) groups excluding carboxylic acids is 1. The summed E-state index contributed by atoms with van der Waals surface area (Å²) in [5.41, 5.74) is 2.58. The van der Waals surface area contributed by atoms with Gasteiger partial charge in [-0.15, -0.1) is 11.3 Å². The normalized spacial score (nSPS) is 16.6. The van der Waals surface area contributed by atoms with Gasteiger partial charge in [0.25, 0.3) is 0 Å². The Hall–Kier alpha value is -1.65. The lowest BCUT2D eigenvalue weighted by Gasteiger charge is -2.24. The number of benzene rings is 1. The molecule has 1 heterocycles. The lowest BCUT2D eigenvalue weighted by Crippen LogP contribution is -2.34. The third-order valence-electron chi connectivity index (χ3n) is 5.09. The van der Waals surface area contributed by atoms with Crippen molar-refractivity contribution in [2.45, 2.75) is 38.1 Å². The molecule has 0 radical (unpaired) electrons. The molecule has 4 heteroatoms. The van der Waals surface area contributed by atoms with Crippen molar-refractivity contribution in [2.24, 2.45) is 5.92 Å². The van der Waals surface area contributed by atoms with Crippen molar-refractivity contribution in [3.63, 3.8) is 0 Å². The van der Waals surface area contributed by atoms with Crippen molar-refractivity contribution in [3.05, 3.63) is 57.8 Å². The Morgan fingerprint density at radius 3 is 2.52 bits per heavy atom. The summed E-state index contributed by atoms with van der Waals surface area (Å²) in [6, 6.07) is 13.1. The van der Waals surface area contributed by atoms with Gasteiger partial charge in [-0.05, 0) is 62.7 Å². The highest BCUT2D eigenvalue weighted by Gasteiger charge is 2.33.